The van der Waals surface area contributed by atoms with Gasteiger partial charge in [0.15, 0.2) is 0 Å². The van der Waals surface area contributed by atoms with Crippen LogP contribution in [0.3, 0.4) is 0 Å². The van der Waals surface area contributed by atoms with E-state index < -0.39 is 17.8 Å². The number of hydrogen-bond acceptors (Lipinski definition) is 3. The lowest BCUT2D eigenvalue weighted by Crippen LogP contribution is -2.15. The molecule has 16 heavy (non-hydrogen) atoms. The number of nitrogens with two attached hydrogens (primary N) is 1. The normalized spacial score (nSPS) is 12.2. The van der Waals surface area contributed by atoms with Crippen molar-refractivity contribution >= 4 is 5.97 Å². The first-order valence-electron chi connectivity index (χ1n) is 4.86. The topological polar surface area (TPSA) is 72.5 Å². The van der Waals surface area contributed by atoms with Crippen molar-refractivity contribution in [3.63, 3.8) is 0 Å². The van der Waals surface area contributed by atoms with Gasteiger partial charge in [0, 0.05) is 18.0 Å². The van der Waals surface area contributed by atoms with Crippen LogP contribution >= 0.6 is 0 Å². The highest BCUT2D eigenvalue weighted by molar-refractivity contribution is 5.66. The van der Waals surface area contributed by atoms with Crippen LogP contribution in [-0.4, -0.2) is 18.2 Å². The van der Waals surface area contributed by atoms with Crippen molar-refractivity contribution in [1.82, 2.24) is 0 Å². The number of ether oxygens (including phenoxy) is 1. The van der Waals surface area contributed by atoms with Gasteiger partial charge in [0.25, 0.3) is 0 Å². The van der Waals surface area contributed by atoms with E-state index >= 15 is 0 Å². The molecule has 1 unspecified atom stereocenters. The molecular formula is C11H14FNO3. The van der Waals surface area contributed by atoms with E-state index in [1.165, 1.54) is 19.2 Å². The Balaban J connectivity index is 2.88. The fraction of sp³-hybridized carbons (Fsp3) is 0.364. The number of rotatable bonds is 5. The largest absolute Gasteiger partial charge is 0.496 e. The van der Waals surface area contributed by atoms with Crippen molar-refractivity contribution in [2.45, 2.75) is 18.9 Å². The minimum atomic E-state index is -0.953. The summed E-state index contributed by atoms with van der Waals surface area (Å²) >= 11 is 0. The molecule has 0 aliphatic carbocycles. The first kappa shape index (κ1) is 12.4. The summed E-state index contributed by atoms with van der Waals surface area (Å²) < 4.78 is 18.5. The van der Waals surface area contributed by atoms with Crippen LogP contribution in [0, 0.1) is 5.82 Å². The molecule has 0 heterocycles. The molecule has 3 N–H and O–H groups in total. The first-order chi connectivity index (χ1) is 7.56. The molecule has 1 aromatic rings. The molecule has 0 bridgehead atoms. The number of aliphatic carboxylic acids is 1. The van der Waals surface area contributed by atoms with Gasteiger partial charge in [-0.1, -0.05) is 6.07 Å². The van der Waals surface area contributed by atoms with Crippen LogP contribution in [0.4, 0.5) is 4.39 Å². The van der Waals surface area contributed by atoms with E-state index in [9.17, 15) is 9.18 Å². The number of methoxy groups -OCH3 is 1. The number of carbonyl (C=O) groups is 1. The highest BCUT2D eigenvalue weighted by Crippen LogP contribution is 2.28. The molecule has 0 aliphatic rings. The molecule has 0 saturated carbocycles. The smallest absolute Gasteiger partial charge is 0.303 e. The Hall–Kier alpha value is -1.62. The maximum Gasteiger partial charge on any atom is 0.303 e. The van der Waals surface area contributed by atoms with Gasteiger partial charge in [0.05, 0.1) is 7.11 Å². The van der Waals surface area contributed by atoms with Gasteiger partial charge in [-0.3, -0.25) is 4.79 Å². The Morgan fingerprint density at radius 3 is 2.88 bits per heavy atom. The molecule has 1 atom stereocenters. The summed E-state index contributed by atoms with van der Waals surface area (Å²) in [6.07, 6.45) is 0.0747. The molecule has 0 spiro atoms. The third kappa shape index (κ3) is 2.93. The zero-order valence-corrected chi connectivity index (χ0v) is 8.94. The van der Waals surface area contributed by atoms with Gasteiger partial charge in [-0.15, -0.1) is 0 Å². The van der Waals surface area contributed by atoms with E-state index in [-0.39, 0.29) is 18.4 Å². The Morgan fingerprint density at radius 2 is 2.31 bits per heavy atom. The predicted molar refractivity (Wildman–Crippen MR) is 56.8 cm³/mol. The Bertz CT molecular complexity index is 381. The van der Waals surface area contributed by atoms with Gasteiger partial charge in [0.2, 0.25) is 0 Å². The molecule has 0 amide bonds. The summed E-state index contributed by atoms with van der Waals surface area (Å²) in [4.78, 5) is 10.4. The molecule has 0 fully saturated rings. The molecule has 0 aromatic heterocycles. The van der Waals surface area contributed by atoms with Crippen molar-refractivity contribution in [2.75, 3.05) is 7.11 Å². The van der Waals surface area contributed by atoms with Gasteiger partial charge >= 0.3 is 5.97 Å². The number of halogens is 1. The number of carboxylic acids is 1. The molecule has 0 aliphatic heterocycles. The quantitative estimate of drug-likeness (QED) is 0.803. The second kappa shape index (κ2) is 5.46. The lowest BCUT2D eigenvalue weighted by molar-refractivity contribution is -0.137. The third-order valence-corrected chi connectivity index (χ3v) is 2.27. The van der Waals surface area contributed by atoms with Crippen molar-refractivity contribution in [1.29, 1.82) is 0 Å². The minimum Gasteiger partial charge on any atom is -0.496 e. The molecule has 88 valence electrons. The van der Waals surface area contributed by atoms with Gasteiger partial charge in [-0.05, 0) is 18.6 Å². The molecule has 1 rings (SSSR count). The number of benzene rings is 1. The maximum atomic E-state index is 13.5. The zero-order chi connectivity index (χ0) is 12.1. The first-order valence-corrected chi connectivity index (χ1v) is 4.86. The van der Waals surface area contributed by atoms with Crippen molar-refractivity contribution < 1.29 is 19.0 Å². The predicted octanol–water partition coefficient (Wildman–Crippen LogP) is 1.70. The summed E-state index contributed by atoms with van der Waals surface area (Å²) in [5.41, 5.74) is 5.97. The SMILES string of the molecule is COc1cccc(F)c1C(N)CCC(=O)O. The highest BCUT2D eigenvalue weighted by atomic mass is 19.1. The number of carboxylic acid groups (broad SMARTS) is 1. The van der Waals surface area contributed by atoms with E-state index in [1.807, 2.05) is 0 Å². The maximum absolute atomic E-state index is 13.5. The van der Waals surface area contributed by atoms with E-state index in [1.54, 1.807) is 6.07 Å². The Kier molecular flexibility index (Phi) is 4.25. The fourth-order valence-corrected chi connectivity index (χ4v) is 1.48. The van der Waals surface area contributed by atoms with Crippen LogP contribution in [0.2, 0.25) is 0 Å². The summed E-state index contributed by atoms with van der Waals surface area (Å²) in [6.45, 7) is 0. The molecule has 1 aromatic carbocycles. The van der Waals surface area contributed by atoms with Crippen LogP contribution in [0.5, 0.6) is 5.75 Å². The monoisotopic (exact) mass is 227 g/mol. The van der Waals surface area contributed by atoms with Crippen LogP contribution in [0.15, 0.2) is 18.2 Å². The Labute approximate surface area is 92.8 Å². The van der Waals surface area contributed by atoms with Gasteiger partial charge in [-0.25, -0.2) is 4.39 Å². The van der Waals surface area contributed by atoms with Gasteiger partial charge < -0.3 is 15.6 Å². The van der Waals surface area contributed by atoms with Crippen LogP contribution in [0.25, 0.3) is 0 Å². The van der Waals surface area contributed by atoms with E-state index in [0.29, 0.717) is 5.75 Å². The van der Waals surface area contributed by atoms with Crippen molar-refractivity contribution in [3.05, 3.63) is 29.6 Å². The van der Waals surface area contributed by atoms with Crippen LogP contribution in [0.1, 0.15) is 24.4 Å². The highest BCUT2D eigenvalue weighted by Gasteiger charge is 2.17. The van der Waals surface area contributed by atoms with Crippen molar-refractivity contribution in [3.8, 4) is 5.75 Å². The molecule has 4 nitrogen and oxygen atoms in total. The summed E-state index contributed by atoms with van der Waals surface area (Å²) in [5.74, 6) is -1.08. The number of hydrogen-bond donors (Lipinski definition) is 2. The van der Waals surface area contributed by atoms with E-state index in [4.69, 9.17) is 15.6 Å². The second-order valence-corrected chi connectivity index (χ2v) is 3.39. The lowest BCUT2D eigenvalue weighted by atomic mass is 10.0. The minimum absolute atomic E-state index is 0.0986. The summed E-state index contributed by atoms with van der Waals surface area (Å²) in [6, 6.07) is 3.71. The van der Waals surface area contributed by atoms with Crippen LogP contribution in [-0.2, 0) is 4.79 Å². The summed E-state index contributed by atoms with van der Waals surface area (Å²) in [5, 5.41) is 8.52. The fourth-order valence-electron chi connectivity index (χ4n) is 1.48. The summed E-state index contributed by atoms with van der Waals surface area (Å²) in [7, 11) is 1.42. The molecular weight excluding hydrogens is 213 g/mol. The van der Waals surface area contributed by atoms with E-state index in [2.05, 4.69) is 0 Å². The van der Waals surface area contributed by atoms with Gasteiger partial charge in [-0.2, -0.15) is 0 Å². The van der Waals surface area contributed by atoms with Crippen LogP contribution < -0.4 is 10.5 Å². The van der Waals surface area contributed by atoms with Gasteiger partial charge in [0.1, 0.15) is 11.6 Å². The standard InChI is InChI=1S/C11H14FNO3/c1-16-9-4-2-3-7(12)11(9)8(13)5-6-10(14)15/h2-4,8H,5-6,13H2,1H3,(H,14,15). The zero-order valence-electron chi connectivity index (χ0n) is 8.94. The Morgan fingerprint density at radius 1 is 1.62 bits per heavy atom. The lowest BCUT2D eigenvalue weighted by Gasteiger charge is -2.15. The van der Waals surface area contributed by atoms with Crippen molar-refractivity contribution in [2.24, 2.45) is 5.73 Å². The van der Waals surface area contributed by atoms with E-state index in [0.717, 1.165) is 0 Å². The third-order valence-electron chi connectivity index (χ3n) is 2.27. The molecule has 5 heteroatoms. The molecule has 0 saturated heterocycles. The second-order valence-electron chi connectivity index (χ2n) is 3.39. The average molecular weight is 227 g/mol. The average Bonchev–Trinajstić information content (AvgIpc) is 2.25. The molecule has 0 radical (unpaired) electrons.